The minimum Gasteiger partial charge on any atom is -0.384 e. The van der Waals surface area contributed by atoms with Gasteiger partial charge in [-0.2, -0.15) is 0 Å². The van der Waals surface area contributed by atoms with Crippen molar-refractivity contribution in [2.24, 2.45) is 0 Å². The lowest BCUT2D eigenvalue weighted by atomic mass is 10.2. The minimum atomic E-state index is -2.76. The van der Waals surface area contributed by atoms with Crippen LogP contribution in [0.2, 0.25) is 0 Å². The Kier molecular flexibility index (Phi) is 4.24. The molecule has 2 rings (SSSR count). The summed E-state index contributed by atoms with van der Waals surface area (Å²) in [5.41, 5.74) is 2.36. The number of benzene rings is 1. The van der Waals surface area contributed by atoms with Crippen molar-refractivity contribution in [1.82, 2.24) is 4.90 Å². The SMILES string of the molecule is Cc1cccc(NCCN2CCS(=O)(=O)CC2)c1. The van der Waals surface area contributed by atoms with Gasteiger partial charge in [-0.25, -0.2) is 8.42 Å². The molecule has 0 aromatic heterocycles. The lowest BCUT2D eigenvalue weighted by molar-refractivity contribution is 0.307. The maximum atomic E-state index is 11.3. The van der Waals surface area contributed by atoms with E-state index in [-0.39, 0.29) is 0 Å². The molecule has 0 amide bonds. The zero-order chi connectivity index (χ0) is 13.0. The number of sulfone groups is 1. The Balaban J connectivity index is 1.73. The largest absolute Gasteiger partial charge is 0.384 e. The van der Waals surface area contributed by atoms with Gasteiger partial charge < -0.3 is 5.32 Å². The Hall–Kier alpha value is -1.07. The minimum absolute atomic E-state index is 0.303. The summed E-state index contributed by atoms with van der Waals surface area (Å²) < 4.78 is 22.6. The molecule has 5 heteroatoms. The summed E-state index contributed by atoms with van der Waals surface area (Å²) in [5, 5.41) is 3.36. The molecule has 100 valence electrons. The predicted octanol–water partition coefficient (Wildman–Crippen LogP) is 1.14. The van der Waals surface area contributed by atoms with Crippen LogP contribution < -0.4 is 5.32 Å². The highest BCUT2D eigenvalue weighted by molar-refractivity contribution is 7.91. The summed E-state index contributed by atoms with van der Waals surface area (Å²) in [4.78, 5) is 2.20. The van der Waals surface area contributed by atoms with Crippen molar-refractivity contribution in [1.29, 1.82) is 0 Å². The zero-order valence-corrected chi connectivity index (χ0v) is 11.5. The third kappa shape index (κ3) is 3.99. The highest BCUT2D eigenvalue weighted by Crippen LogP contribution is 2.09. The van der Waals surface area contributed by atoms with Crippen molar-refractivity contribution in [3.8, 4) is 0 Å². The predicted molar refractivity (Wildman–Crippen MR) is 74.8 cm³/mol. The Morgan fingerprint density at radius 1 is 1.28 bits per heavy atom. The molecule has 4 nitrogen and oxygen atoms in total. The smallest absolute Gasteiger partial charge is 0.152 e. The molecule has 0 unspecified atom stereocenters. The van der Waals surface area contributed by atoms with Gasteiger partial charge in [0, 0.05) is 31.9 Å². The Morgan fingerprint density at radius 2 is 2.00 bits per heavy atom. The lowest BCUT2D eigenvalue weighted by Gasteiger charge is -2.26. The zero-order valence-electron chi connectivity index (χ0n) is 10.7. The van der Waals surface area contributed by atoms with E-state index >= 15 is 0 Å². The second-order valence-corrected chi connectivity index (χ2v) is 7.09. The average molecular weight is 268 g/mol. The van der Waals surface area contributed by atoms with Gasteiger partial charge in [-0.1, -0.05) is 12.1 Å². The van der Waals surface area contributed by atoms with Crippen LogP contribution >= 0.6 is 0 Å². The van der Waals surface area contributed by atoms with E-state index in [1.165, 1.54) is 5.56 Å². The van der Waals surface area contributed by atoms with Gasteiger partial charge in [0.15, 0.2) is 9.84 Å². The third-order valence-corrected chi connectivity index (χ3v) is 4.82. The monoisotopic (exact) mass is 268 g/mol. The van der Waals surface area contributed by atoms with Crippen LogP contribution in [0.1, 0.15) is 5.56 Å². The summed E-state index contributed by atoms with van der Waals surface area (Å²) >= 11 is 0. The molecule has 1 aromatic carbocycles. The maximum absolute atomic E-state index is 11.3. The molecule has 1 aliphatic heterocycles. The van der Waals surface area contributed by atoms with Gasteiger partial charge in [0.05, 0.1) is 11.5 Å². The molecule has 0 bridgehead atoms. The molecule has 1 N–H and O–H groups in total. The average Bonchev–Trinajstić information content (AvgIpc) is 2.31. The maximum Gasteiger partial charge on any atom is 0.152 e. The molecular weight excluding hydrogens is 248 g/mol. The molecule has 0 aliphatic carbocycles. The summed E-state index contributed by atoms with van der Waals surface area (Å²) in [6.45, 7) is 5.14. The number of nitrogens with zero attached hydrogens (tertiary/aromatic N) is 1. The summed E-state index contributed by atoms with van der Waals surface area (Å²) in [7, 11) is -2.76. The Bertz CT molecular complexity index is 485. The first-order valence-electron chi connectivity index (χ1n) is 6.28. The number of aryl methyl sites for hydroxylation is 1. The Morgan fingerprint density at radius 3 is 2.67 bits per heavy atom. The van der Waals surface area contributed by atoms with Crippen molar-refractivity contribution in [3.05, 3.63) is 29.8 Å². The molecular formula is C13H20N2O2S. The molecule has 1 aromatic rings. The molecule has 0 spiro atoms. The first-order valence-corrected chi connectivity index (χ1v) is 8.11. The fourth-order valence-corrected chi connectivity index (χ4v) is 3.36. The molecule has 0 saturated carbocycles. The van der Waals surface area contributed by atoms with Gasteiger partial charge in [-0.15, -0.1) is 0 Å². The van der Waals surface area contributed by atoms with E-state index in [9.17, 15) is 8.42 Å². The molecule has 1 heterocycles. The van der Waals surface area contributed by atoms with Crippen LogP contribution in [-0.4, -0.2) is 51.0 Å². The number of rotatable bonds is 4. The fraction of sp³-hybridized carbons (Fsp3) is 0.538. The van der Waals surface area contributed by atoms with Gasteiger partial charge in [0.1, 0.15) is 0 Å². The quantitative estimate of drug-likeness (QED) is 0.889. The molecule has 0 atom stereocenters. The second kappa shape index (κ2) is 5.71. The first-order chi connectivity index (χ1) is 8.55. The van der Waals surface area contributed by atoms with E-state index in [0.717, 1.165) is 18.8 Å². The summed E-state index contributed by atoms with van der Waals surface area (Å²) in [6, 6.07) is 8.26. The van der Waals surface area contributed by atoms with E-state index in [2.05, 4.69) is 29.3 Å². The first kappa shape index (κ1) is 13.4. The standard InChI is InChI=1S/C13H20N2O2S/c1-12-3-2-4-13(11-12)14-5-6-15-7-9-18(16,17)10-8-15/h2-4,11,14H,5-10H2,1H3. The van der Waals surface area contributed by atoms with E-state index in [4.69, 9.17) is 0 Å². The summed E-state index contributed by atoms with van der Waals surface area (Å²) in [6.07, 6.45) is 0. The van der Waals surface area contributed by atoms with Crippen molar-refractivity contribution < 1.29 is 8.42 Å². The van der Waals surface area contributed by atoms with Crippen LogP contribution in [0.15, 0.2) is 24.3 Å². The van der Waals surface area contributed by atoms with Gasteiger partial charge in [0.2, 0.25) is 0 Å². The molecule has 0 radical (unpaired) electrons. The molecule has 1 fully saturated rings. The third-order valence-electron chi connectivity index (χ3n) is 3.21. The van der Waals surface area contributed by atoms with Crippen LogP contribution in [0.3, 0.4) is 0 Å². The van der Waals surface area contributed by atoms with E-state index in [1.54, 1.807) is 0 Å². The fourth-order valence-electron chi connectivity index (χ4n) is 2.09. The van der Waals surface area contributed by atoms with Gasteiger partial charge in [-0.3, -0.25) is 4.90 Å². The van der Waals surface area contributed by atoms with E-state index in [0.29, 0.717) is 24.6 Å². The summed E-state index contributed by atoms with van der Waals surface area (Å²) in [5.74, 6) is 0.606. The van der Waals surface area contributed by atoms with Crippen LogP contribution in [0.4, 0.5) is 5.69 Å². The normalized spacial score (nSPS) is 19.6. The van der Waals surface area contributed by atoms with Crippen LogP contribution in [0, 0.1) is 6.92 Å². The topological polar surface area (TPSA) is 49.4 Å². The Labute approximate surface area is 109 Å². The highest BCUT2D eigenvalue weighted by atomic mass is 32.2. The van der Waals surface area contributed by atoms with Gasteiger partial charge in [0.25, 0.3) is 0 Å². The van der Waals surface area contributed by atoms with Gasteiger partial charge >= 0.3 is 0 Å². The number of hydrogen-bond donors (Lipinski definition) is 1. The van der Waals surface area contributed by atoms with Crippen molar-refractivity contribution in [3.63, 3.8) is 0 Å². The second-order valence-electron chi connectivity index (χ2n) is 4.79. The van der Waals surface area contributed by atoms with Crippen molar-refractivity contribution in [2.75, 3.05) is 43.0 Å². The molecule has 18 heavy (non-hydrogen) atoms. The number of hydrogen-bond acceptors (Lipinski definition) is 4. The van der Waals surface area contributed by atoms with E-state index in [1.807, 2.05) is 12.1 Å². The van der Waals surface area contributed by atoms with Crippen LogP contribution in [-0.2, 0) is 9.84 Å². The van der Waals surface area contributed by atoms with Gasteiger partial charge in [-0.05, 0) is 24.6 Å². The lowest BCUT2D eigenvalue weighted by Crippen LogP contribution is -2.42. The van der Waals surface area contributed by atoms with E-state index < -0.39 is 9.84 Å². The highest BCUT2D eigenvalue weighted by Gasteiger charge is 2.20. The van der Waals surface area contributed by atoms with Crippen LogP contribution in [0.5, 0.6) is 0 Å². The number of nitrogens with one attached hydrogen (secondary N) is 1. The van der Waals surface area contributed by atoms with Crippen molar-refractivity contribution >= 4 is 15.5 Å². The number of anilines is 1. The molecule has 1 aliphatic rings. The van der Waals surface area contributed by atoms with Crippen LogP contribution in [0.25, 0.3) is 0 Å². The van der Waals surface area contributed by atoms with Crippen molar-refractivity contribution in [2.45, 2.75) is 6.92 Å². The molecule has 1 saturated heterocycles.